The molecular formula is C11H10ClFN4. The van der Waals surface area contributed by atoms with Gasteiger partial charge in [-0.05, 0) is 6.07 Å². The first-order valence-electron chi connectivity index (χ1n) is 5.32. The third-order valence-electron chi connectivity index (χ3n) is 2.83. The molecule has 6 heteroatoms. The lowest BCUT2D eigenvalue weighted by molar-refractivity contribution is 0.476. The van der Waals surface area contributed by atoms with E-state index >= 15 is 0 Å². The van der Waals surface area contributed by atoms with E-state index in [4.69, 9.17) is 11.6 Å². The van der Waals surface area contributed by atoms with Crippen molar-refractivity contribution < 1.29 is 4.39 Å². The Morgan fingerprint density at radius 2 is 2.29 bits per heavy atom. The molecule has 1 aliphatic heterocycles. The quantitative estimate of drug-likeness (QED) is 0.842. The lowest BCUT2D eigenvalue weighted by atomic mass is 10.1. The second kappa shape index (κ2) is 4.09. The molecule has 0 amide bonds. The number of fused-ring (bicyclic) bond motifs is 1. The highest BCUT2D eigenvalue weighted by Crippen LogP contribution is 2.26. The van der Waals surface area contributed by atoms with Gasteiger partial charge in [-0.25, -0.2) is 4.39 Å². The number of pyridine rings is 1. The molecule has 3 heterocycles. The molecule has 0 fully saturated rings. The normalized spacial score (nSPS) is 14.7. The second-order valence-electron chi connectivity index (χ2n) is 3.89. The summed E-state index contributed by atoms with van der Waals surface area (Å²) in [6.45, 7) is 2.49. The molecule has 3 rings (SSSR count). The Hall–Kier alpha value is -1.46. The molecule has 0 aromatic carbocycles. The van der Waals surface area contributed by atoms with Crippen molar-refractivity contribution in [3.8, 4) is 11.3 Å². The van der Waals surface area contributed by atoms with Gasteiger partial charge in [-0.2, -0.15) is 5.10 Å². The smallest absolute Gasteiger partial charge is 0.160 e. The van der Waals surface area contributed by atoms with Crippen molar-refractivity contribution in [2.45, 2.75) is 13.1 Å². The molecule has 2 aromatic heterocycles. The fraction of sp³-hybridized carbons (Fsp3) is 0.273. The van der Waals surface area contributed by atoms with Crippen LogP contribution in [0.15, 0.2) is 18.5 Å². The van der Waals surface area contributed by atoms with Crippen LogP contribution in [0.3, 0.4) is 0 Å². The summed E-state index contributed by atoms with van der Waals surface area (Å²) >= 11 is 5.76. The first-order chi connectivity index (χ1) is 8.25. The van der Waals surface area contributed by atoms with Crippen LogP contribution in [0.25, 0.3) is 11.3 Å². The predicted octanol–water partition coefficient (Wildman–Crippen LogP) is 1.84. The van der Waals surface area contributed by atoms with Gasteiger partial charge in [-0.1, -0.05) is 11.6 Å². The van der Waals surface area contributed by atoms with Crippen molar-refractivity contribution in [3.05, 3.63) is 35.0 Å². The summed E-state index contributed by atoms with van der Waals surface area (Å²) in [4.78, 5) is 4.05. The first-order valence-corrected chi connectivity index (χ1v) is 5.70. The molecular weight excluding hydrogens is 243 g/mol. The Morgan fingerprint density at radius 3 is 3.12 bits per heavy atom. The maximum absolute atomic E-state index is 13.1. The highest BCUT2D eigenvalue weighted by Gasteiger charge is 2.17. The van der Waals surface area contributed by atoms with E-state index in [1.54, 1.807) is 6.20 Å². The maximum atomic E-state index is 13.1. The van der Waals surface area contributed by atoms with Crippen LogP contribution in [-0.2, 0) is 13.1 Å². The van der Waals surface area contributed by atoms with Gasteiger partial charge in [0.2, 0.25) is 0 Å². The van der Waals surface area contributed by atoms with Gasteiger partial charge < -0.3 is 5.32 Å². The van der Waals surface area contributed by atoms with E-state index in [2.05, 4.69) is 15.4 Å². The lowest BCUT2D eigenvalue weighted by Gasteiger charge is -2.16. The fourth-order valence-electron chi connectivity index (χ4n) is 1.96. The molecule has 0 aliphatic carbocycles. The zero-order valence-electron chi connectivity index (χ0n) is 8.95. The molecule has 0 saturated carbocycles. The summed E-state index contributed by atoms with van der Waals surface area (Å²) < 4.78 is 15.0. The Labute approximate surface area is 102 Å². The summed E-state index contributed by atoms with van der Waals surface area (Å²) in [5, 5.41) is 7.63. The van der Waals surface area contributed by atoms with E-state index in [9.17, 15) is 4.39 Å². The van der Waals surface area contributed by atoms with Crippen LogP contribution in [0.5, 0.6) is 0 Å². The van der Waals surface area contributed by atoms with Crippen molar-refractivity contribution in [2.75, 3.05) is 6.54 Å². The van der Waals surface area contributed by atoms with Crippen LogP contribution < -0.4 is 5.32 Å². The van der Waals surface area contributed by atoms with Crippen LogP contribution in [0.2, 0.25) is 5.02 Å². The highest BCUT2D eigenvalue weighted by molar-refractivity contribution is 6.30. The number of halogens is 2. The van der Waals surface area contributed by atoms with Gasteiger partial charge >= 0.3 is 0 Å². The minimum Gasteiger partial charge on any atom is -0.309 e. The third-order valence-corrected chi connectivity index (χ3v) is 3.12. The fourth-order valence-corrected chi connectivity index (χ4v) is 2.11. The number of rotatable bonds is 1. The monoisotopic (exact) mass is 252 g/mol. The first kappa shape index (κ1) is 10.7. The van der Waals surface area contributed by atoms with Crippen molar-refractivity contribution in [1.82, 2.24) is 20.1 Å². The molecule has 4 nitrogen and oxygen atoms in total. The second-order valence-corrected chi connectivity index (χ2v) is 4.30. The average molecular weight is 253 g/mol. The van der Waals surface area contributed by atoms with E-state index in [1.165, 1.54) is 6.07 Å². The number of hydrogen-bond donors (Lipinski definition) is 1. The molecule has 0 spiro atoms. The molecule has 0 radical (unpaired) electrons. The van der Waals surface area contributed by atoms with E-state index < -0.39 is 5.82 Å². The van der Waals surface area contributed by atoms with Gasteiger partial charge in [0.1, 0.15) is 0 Å². The number of nitrogens with zero attached hydrogens (tertiary/aromatic N) is 3. The SMILES string of the molecule is Fc1cnc(-c2cnn3c2CNCC3)cc1Cl. The van der Waals surface area contributed by atoms with Gasteiger partial charge in [0.25, 0.3) is 0 Å². The Morgan fingerprint density at radius 1 is 1.41 bits per heavy atom. The minimum atomic E-state index is -0.505. The molecule has 0 saturated heterocycles. The Bertz CT molecular complexity index is 567. The topological polar surface area (TPSA) is 42.7 Å². The van der Waals surface area contributed by atoms with Gasteiger partial charge in [-0.3, -0.25) is 9.67 Å². The highest BCUT2D eigenvalue weighted by atomic mass is 35.5. The van der Waals surface area contributed by atoms with E-state index in [-0.39, 0.29) is 5.02 Å². The zero-order valence-corrected chi connectivity index (χ0v) is 9.71. The van der Waals surface area contributed by atoms with Crippen LogP contribution >= 0.6 is 11.6 Å². The molecule has 2 aromatic rings. The van der Waals surface area contributed by atoms with Crippen LogP contribution in [0.1, 0.15) is 5.69 Å². The number of hydrogen-bond acceptors (Lipinski definition) is 3. The Balaban J connectivity index is 2.09. The molecule has 17 heavy (non-hydrogen) atoms. The summed E-state index contributed by atoms with van der Waals surface area (Å²) in [5.41, 5.74) is 2.62. The Kier molecular flexibility index (Phi) is 2.57. The summed E-state index contributed by atoms with van der Waals surface area (Å²) in [6, 6.07) is 1.53. The molecule has 0 atom stereocenters. The van der Waals surface area contributed by atoms with Crippen LogP contribution in [0.4, 0.5) is 4.39 Å². The molecule has 88 valence electrons. The van der Waals surface area contributed by atoms with Gasteiger partial charge in [0.05, 0.1) is 35.3 Å². The zero-order chi connectivity index (χ0) is 11.8. The molecule has 0 unspecified atom stereocenters. The van der Waals surface area contributed by atoms with Crippen molar-refractivity contribution >= 4 is 11.6 Å². The standard InChI is InChI=1S/C11H10ClFN4/c12-8-3-10(15-5-9(8)13)7-4-16-17-2-1-14-6-11(7)17/h3-5,14H,1-2,6H2. The van der Waals surface area contributed by atoms with Gasteiger partial charge in [-0.15, -0.1) is 0 Å². The van der Waals surface area contributed by atoms with Gasteiger partial charge in [0.15, 0.2) is 5.82 Å². The van der Waals surface area contributed by atoms with Crippen LogP contribution in [0, 0.1) is 5.82 Å². The van der Waals surface area contributed by atoms with Crippen molar-refractivity contribution in [2.24, 2.45) is 0 Å². The number of nitrogens with one attached hydrogen (secondary N) is 1. The van der Waals surface area contributed by atoms with E-state index in [0.717, 1.165) is 37.1 Å². The number of aromatic nitrogens is 3. The lowest BCUT2D eigenvalue weighted by Crippen LogP contribution is -2.28. The maximum Gasteiger partial charge on any atom is 0.160 e. The third kappa shape index (κ3) is 1.81. The molecule has 1 aliphatic rings. The van der Waals surface area contributed by atoms with Crippen LogP contribution in [-0.4, -0.2) is 21.3 Å². The summed E-state index contributed by atoms with van der Waals surface area (Å²) in [5.74, 6) is -0.505. The van der Waals surface area contributed by atoms with Gasteiger partial charge in [0, 0.05) is 18.7 Å². The van der Waals surface area contributed by atoms with Crippen molar-refractivity contribution in [3.63, 3.8) is 0 Å². The summed E-state index contributed by atoms with van der Waals surface area (Å²) in [6.07, 6.45) is 2.89. The largest absolute Gasteiger partial charge is 0.309 e. The minimum absolute atomic E-state index is 0.0821. The predicted molar refractivity (Wildman–Crippen MR) is 62.1 cm³/mol. The average Bonchev–Trinajstić information content (AvgIpc) is 2.76. The summed E-state index contributed by atoms with van der Waals surface area (Å²) in [7, 11) is 0. The molecule has 0 bridgehead atoms. The molecule has 1 N–H and O–H groups in total. The van der Waals surface area contributed by atoms with E-state index in [1.807, 2.05) is 4.68 Å². The van der Waals surface area contributed by atoms with Crippen molar-refractivity contribution in [1.29, 1.82) is 0 Å². The van der Waals surface area contributed by atoms with E-state index in [0.29, 0.717) is 5.69 Å².